The van der Waals surface area contributed by atoms with Crippen molar-refractivity contribution in [3.05, 3.63) is 70.1 Å². The van der Waals surface area contributed by atoms with Gasteiger partial charge in [0.1, 0.15) is 0 Å². The maximum atomic E-state index is 13.2. The Morgan fingerprint density at radius 1 is 1.04 bits per heavy atom. The minimum atomic E-state index is -1.06. The number of carbonyl (C=O) groups excluding carboxylic acids is 1. The van der Waals surface area contributed by atoms with Crippen LogP contribution in [0.25, 0.3) is 11.3 Å². The molecule has 3 nitrogen and oxygen atoms in total. The van der Waals surface area contributed by atoms with Gasteiger partial charge in [0.15, 0.2) is 16.8 Å². The molecular weight excluding hydrogens is 330 g/mol. The van der Waals surface area contributed by atoms with Crippen LogP contribution in [-0.4, -0.2) is 10.9 Å². The number of amides is 1. The van der Waals surface area contributed by atoms with Crippen LogP contribution in [0.15, 0.2) is 42.5 Å². The molecule has 0 saturated heterocycles. The van der Waals surface area contributed by atoms with Gasteiger partial charge in [-0.15, -0.1) is 11.3 Å². The zero-order valence-corrected chi connectivity index (χ0v) is 13.9. The third-order valence-electron chi connectivity index (χ3n) is 3.52. The highest BCUT2D eigenvalue weighted by atomic mass is 32.1. The quantitative estimate of drug-likeness (QED) is 0.730. The first-order chi connectivity index (χ1) is 11.4. The number of rotatable bonds is 3. The van der Waals surface area contributed by atoms with Crippen molar-refractivity contribution in [3.8, 4) is 11.3 Å². The summed E-state index contributed by atoms with van der Waals surface area (Å²) in [6, 6.07) is 11.0. The second kappa shape index (κ2) is 6.49. The molecule has 0 fully saturated rings. The Kier molecular flexibility index (Phi) is 4.40. The molecule has 6 heteroatoms. The van der Waals surface area contributed by atoms with E-state index < -0.39 is 17.5 Å². The summed E-state index contributed by atoms with van der Waals surface area (Å²) in [6.07, 6.45) is 0. The van der Waals surface area contributed by atoms with Gasteiger partial charge in [0, 0.05) is 16.0 Å². The molecule has 0 radical (unpaired) electrons. The molecule has 0 aliphatic rings. The molecule has 0 unspecified atom stereocenters. The number of nitrogens with zero attached hydrogens (tertiary/aromatic N) is 1. The Labute approximate surface area is 142 Å². The summed E-state index contributed by atoms with van der Waals surface area (Å²) in [5, 5.41) is 3.04. The van der Waals surface area contributed by atoms with Crippen LogP contribution in [-0.2, 0) is 0 Å². The van der Waals surface area contributed by atoms with Crippen LogP contribution in [0.3, 0.4) is 0 Å². The van der Waals surface area contributed by atoms with E-state index in [1.165, 1.54) is 17.4 Å². The fourth-order valence-corrected chi connectivity index (χ4v) is 3.07. The largest absolute Gasteiger partial charge is 0.298 e. The van der Waals surface area contributed by atoms with Gasteiger partial charge in [-0.1, -0.05) is 29.8 Å². The van der Waals surface area contributed by atoms with Crippen molar-refractivity contribution in [1.82, 2.24) is 4.98 Å². The lowest BCUT2D eigenvalue weighted by atomic mass is 10.1. The van der Waals surface area contributed by atoms with Crippen molar-refractivity contribution in [3.63, 3.8) is 0 Å². The van der Waals surface area contributed by atoms with Crippen LogP contribution < -0.4 is 5.32 Å². The molecule has 3 rings (SSSR count). The minimum absolute atomic E-state index is 0.0404. The smallest absolute Gasteiger partial charge is 0.257 e. The summed E-state index contributed by atoms with van der Waals surface area (Å²) in [7, 11) is 0. The van der Waals surface area contributed by atoms with Crippen LogP contribution in [0.2, 0.25) is 0 Å². The lowest BCUT2D eigenvalue weighted by Gasteiger charge is -2.02. The summed E-state index contributed by atoms with van der Waals surface area (Å²) in [5.41, 5.74) is 2.94. The lowest BCUT2D eigenvalue weighted by Crippen LogP contribution is -2.12. The van der Waals surface area contributed by atoms with E-state index in [4.69, 9.17) is 0 Å². The molecule has 1 aromatic heterocycles. The van der Waals surface area contributed by atoms with Crippen LogP contribution >= 0.6 is 11.3 Å². The molecule has 1 N–H and O–H groups in total. The first-order valence-electron chi connectivity index (χ1n) is 7.25. The summed E-state index contributed by atoms with van der Waals surface area (Å²) in [6.45, 7) is 3.92. The molecule has 3 aromatic rings. The lowest BCUT2D eigenvalue weighted by molar-refractivity contribution is 0.102. The van der Waals surface area contributed by atoms with Crippen molar-refractivity contribution in [2.24, 2.45) is 0 Å². The molecule has 0 spiro atoms. The van der Waals surface area contributed by atoms with E-state index in [-0.39, 0.29) is 5.56 Å². The van der Waals surface area contributed by atoms with Crippen LogP contribution in [0.5, 0.6) is 0 Å². The van der Waals surface area contributed by atoms with E-state index in [1.807, 2.05) is 38.1 Å². The van der Waals surface area contributed by atoms with Gasteiger partial charge in [-0.05, 0) is 32.0 Å². The molecule has 0 saturated carbocycles. The standard InChI is InChI=1S/C18H14F2N2OS/c1-10-3-5-12(6-4-10)16-11(2)24-18(21-16)22-17(23)13-7-8-14(19)15(20)9-13/h3-9H,1-2H3,(H,21,22,23). The van der Waals surface area contributed by atoms with Gasteiger partial charge in [-0.3, -0.25) is 10.1 Å². The van der Waals surface area contributed by atoms with Gasteiger partial charge < -0.3 is 0 Å². The maximum Gasteiger partial charge on any atom is 0.257 e. The number of carbonyl (C=O) groups is 1. The van der Waals surface area contributed by atoms with Gasteiger partial charge in [0.2, 0.25) is 0 Å². The molecular formula is C18H14F2N2OS. The Bertz CT molecular complexity index is 904. The van der Waals surface area contributed by atoms with E-state index in [1.54, 1.807) is 0 Å². The number of halogens is 2. The summed E-state index contributed by atoms with van der Waals surface area (Å²) in [5.74, 6) is -2.57. The predicted molar refractivity (Wildman–Crippen MR) is 91.3 cm³/mol. The Morgan fingerprint density at radius 2 is 1.75 bits per heavy atom. The van der Waals surface area contributed by atoms with Crippen molar-refractivity contribution in [2.45, 2.75) is 13.8 Å². The first-order valence-corrected chi connectivity index (χ1v) is 8.06. The predicted octanol–water partition coefficient (Wildman–Crippen LogP) is 4.96. The zero-order chi connectivity index (χ0) is 17.3. The molecule has 122 valence electrons. The number of anilines is 1. The molecule has 0 aliphatic heterocycles. The fourth-order valence-electron chi connectivity index (χ4n) is 2.24. The highest BCUT2D eigenvalue weighted by Gasteiger charge is 2.14. The SMILES string of the molecule is Cc1ccc(-c2nc(NC(=O)c3ccc(F)c(F)c3)sc2C)cc1. The number of nitrogens with one attached hydrogen (secondary N) is 1. The molecule has 2 aromatic carbocycles. The maximum absolute atomic E-state index is 13.2. The molecule has 24 heavy (non-hydrogen) atoms. The fraction of sp³-hybridized carbons (Fsp3) is 0.111. The molecule has 1 amide bonds. The zero-order valence-electron chi connectivity index (χ0n) is 13.1. The average Bonchev–Trinajstić information content (AvgIpc) is 2.91. The van der Waals surface area contributed by atoms with Crippen molar-refractivity contribution in [1.29, 1.82) is 0 Å². The molecule has 1 heterocycles. The minimum Gasteiger partial charge on any atom is -0.298 e. The Balaban J connectivity index is 1.83. The van der Waals surface area contributed by atoms with E-state index in [0.29, 0.717) is 5.13 Å². The average molecular weight is 344 g/mol. The molecule has 0 aliphatic carbocycles. The normalized spacial score (nSPS) is 10.7. The number of hydrogen-bond acceptors (Lipinski definition) is 3. The van der Waals surface area contributed by atoms with E-state index in [0.717, 1.165) is 33.8 Å². The number of aryl methyl sites for hydroxylation is 2. The van der Waals surface area contributed by atoms with Crippen LogP contribution in [0.1, 0.15) is 20.8 Å². The van der Waals surface area contributed by atoms with E-state index in [2.05, 4.69) is 10.3 Å². The third-order valence-corrected chi connectivity index (χ3v) is 4.41. The highest BCUT2D eigenvalue weighted by molar-refractivity contribution is 7.16. The second-order valence-corrected chi connectivity index (χ2v) is 6.58. The van der Waals surface area contributed by atoms with Crippen LogP contribution in [0, 0.1) is 25.5 Å². The monoisotopic (exact) mass is 344 g/mol. The van der Waals surface area contributed by atoms with Crippen molar-refractivity contribution in [2.75, 3.05) is 5.32 Å². The molecule has 0 atom stereocenters. The summed E-state index contributed by atoms with van der Waals surface area (Å²) < 4.78 is 26.2. The van der Waals surface area contributed by atoms with Gasteiger partial charge >= 0.3 is 0 Å². The first kappa shape index (κ1) is 16.3. The van der Waals surface area contributed by atoms with E-state index >= 15 is 0 Å². The third kappa shape index (κ3) is 3.33. The summed E-state index contributed by atoms with van der Waals surface area (Å²) in [4.78, 5) is 17.5. The van der Waals surface area contributed by atoms with E-state index in [9.17, 15) is 13.6 Å². The van der Waals surface area contributed by atoms with Crippen LogP contribution in [0.4, 0.5) is 13.9 Å². The highest BCUT2D eigenvalue weighted by Crippen LogP contribution is 2.30. The topological polar surface area (TPSA) is 42.0 Å². The Hall–Kier alpha value is -2.60. The van der Waals surface area contributed by atoms with Crippen molar-refractivity contribution >= 4 is 22.4 Å². The Morgan fingerprint density at radius 3 is 2.42 bits per heavy atom. The molecule has 0 bridgehead atoms. The number of benzene rings is 2. The number of hydrogen-bond donors (Lipinski definition) is 1. The van der Waals surface area contributed by atoms with Gasteiger partial charge in [0.05, 0.1) is 5.69 Å². The van der Waals surface area contributed by atoms with Gasteiger partial charge in [-0.25, -0.2) is 13.8 Å². The second-order valence-electron chi connectivity index (χ2n) is 5.37. The number of thiazole rings is 1. The van der Waals surface area contributed by atoms with Crippen molar-refractivity contribution < 1.29 is 13.6 Å². The summed E-state index contributed by atoms with van der Waals surface area (Å²) >= 11 is 1.33. The number of aromatic nitrogens is 1. The van der Waals surface area contributed by atoms with Gasteiger partial charge in [-0.2, -0.15) is 0 Å². The van der Waals surface area contributed by atoms with Gasteiger partial charge in [0.25, 0.3) is 5.91 Å².